The lowest BCUT2D eigenvalue weighted by atomic mass is 10.3. The van der Waals surface area contributed by atoms with Crippen molar-refractivity contribution < 1.29 is 19.0 Å². The Labute approximate surface area is 153 Å². The van der Waals surface area contributed by atoms with E-state index in [2.05, 4.69) is 19.9 Å². The van der Waals surface area contributed by atoms with Gasteiger partial charge in [0.15, 0.2) is 11.0 Å². The van der Waals surface area contributed by atoms with Crippen LogP contribution in [0.2, 0.25) is 0 Å². The first-order chi connectivity index (χ1) is 13.0. The maximum absolute atomic E-state index is 13.2. The number of aromatic nitrogens is 4. The Morgan fingerprint density at radius 1 is 1.11 bits per heavy atom. The van der Waals surface area contributed by atoms with E-state index in [1.807, 2.05) is 7.05 Å². The molecule has 1 saturated heterocycles. The predicted molar refractivity (Wildman–Crippen MR) is 93.4 cm³/mol. The Morgan fingerprint density at radius 2 is 1.81 bits per heavy atom. The molecule has 9 nitrogen and oxygen atoms in total. The molecule has 10 heteroatoms. The van der Waals surface area contributed by atoms with Crippen molar-refractivity contribution in [1.82, 2.24) is 29.3 Å². The topological polar surface area (TPSA) is 96.6 Å². The van der Waals surface area contributed by atoms with Gasteiger partial charge in [0.2, 0.25) is 11.8 Å². The van der Waals surface area contributed by atoms with Gasteiger partial charge in [0, 0.05) is 38.6 Å². The van der Waals surface area contributed by atoms with Crippen molar-refractivity contribution in [3.63, 3.8) is 0 Å². The van der Waals surface area contributed by atoms with E-state index in [9.17, 15) is 14.3 Å². The molecular formula is C17H17FN6O3. The first-order valence-electron chi connectivity index (χ1n) is 8.36. The van der Waals surface area contributed by atoms with Crippen LogP contribution in [0.15, 0.2) is 30.7 Å². The summed E-state index contributed by atoms with van der Waals surface area (Å²) in [7, 11) is 1.98. The monoisotopic (exact) mass is 372 g/mol. The molecule has 0 bridgehead atoms. The molecule has 0 radical (unpaired) electrons. The van der Waals surface area contributed by atoms with Crippen LogP contribution in [-0.4, -0.2) is 73.7 Å². The molecule has 4 heterocycles. The number of aromatic hydroxyl groups is 1. The summed E-state index contributed by atoms with van der Waals surface area (Å²) in [5.74, 6) is -0.658. The highest BCUT2D eigenvalue weighted by Gasteiger charge is 2.27. The fraction of sp³-hybridized carbons (Fsp3) is 0.294. The van der Waals surface area contributed by atoms with E-state index < -0.39 is 11.9 Å². The van der Waals surface area contributed by atoms with Crippen LogP contribution in [0.25, 0.3) is 16.9 Å². The quantitative estimate of drug-likeness (QED) is 0.726. The highest BCUT2D eigenvalue weighted by Crippen LogP contribution is 2.36. The SMILES string of the molecule is CN1CCN(C(=O)Oc2c3nccnc3c(O)n2-c2ccc(F)cn2)CC1. The second-order valence-corrected chi connectivity index (χ2v) is 6.21. The zero-order chi connectivity index (χ0) is 19.0. The Bertz CT molecular complexity index is 982. The van der Waals surface area contributed by atoms with Gasteiger partial charge in [0.1, 0.15) is 11.6 Å². The Morgan fingerprint density at radius 3 is 2.48 bits per heavy atom. The molecule has 1 aliphatic heterocycles. The summed E-state index contributed by atoms with van der Waals surface area (Å²) in [5, 5.41) is 10.6. The third-order valence-corrected chi connectivity index (χ3v) is 4.41. The van der Waals surface area contributed by atoms with Gasteiger partial charge < -0.3 is 19.6 Å². The predicted octanol–water partition coefficient (Wildman–Crippen LogP) is 1.41. The summed E-state index contributed by atoms with van der Waals surface area (Å²) in [4.78, 5) is 28.5. The van der Waals surface area contributed by atoms with Gasteiger partial charge in [0.05, 0.1) is 6.20 Å². The minimum atomic E-state index is -0.559. The molecule has 1 amide bonds. The van der Waals surface area contributed by atoms with Crippen LogP contribution in [0.5, 0.6) is 11.8 Å². The largest absolute Gasteiger partial charge is 0.493 e. The number of amides is 1. The molecule has 1 aliphatic rings. The number of halogens is 1. The van der Waals surface area contributed by atoms with Crippen molar-refractivity contribution >= 4 is 17.1 Å². The van der Waals surface area contributed by atoms with Gasteiger partial charge in [-0.2, -0.15) is 0 Å². The van der Waals surface area contributed by atoms with E-state index >= 15 is 0 Å². The number of carbonyl (C=O) groups excluding carboxylic acids is 1. The number of ether oxygens (including phenoxy) is 1. The van der Waals surface area contributed by atoms with Crippen molar-refractivity contribution in [3.05, 3.63) is 36.5 Å². The van der Waals surface area contributed by atoms with Gasteiger partial charge in [-0.15, -0.1) is 0 Å². The maximum Gasteiger partial charge on any atom is 0.416 e. The lowest BCUT2D eigenvalue weighted by Gasteiger charge is -2.31. The Kier molecular flexibility index (Phi) is 4.32. The van der Waals surface area contributed by atoms with E-state index in [1.54, 1.807) is 4.90 Å². The molecule has 0 saturated carbocycles. The summed E-state index contributed by atoms with van der Waals surface area (Å²) >= 11 is 0. The first-order valence-corrected chi connectivity index (χ1v) is 8.36. The van der Waals surface area contributed by atoms with Gasteiger partial charge in [-0.3, -0.25) is 0 Å². The Balaban J connectivity index is 1.75. The van der Waals surface area contributed by atoms with Gasteiger partial charge in [-0.1, -0.05) is 0 Å². The summed E-state index contributed by atoms with van der Waals surface area (Å²) in [5.41, 5.74) is 0.369. The zero-order valence-electron chi connectivity index (χ0n) is 14.5. The van der Waals surface area contributed by atoms with E-state index in [-0.39, 0.29) is 28.6 Å². The number of carbonyl (C=O) groups is 1. The number of hydrogen-bond donors (Lipinski definition) is 1. The highest BCUT2D eigenvalue weighted by molar-refractivity contribution is 5.89. The van der Waals surface area contributed by atoms with Crippen molar-refractivity contribution in [2.75, 3.05) is 33.2 Å². The molecule has 1 N–H and O–H groups in total. The van der Waals surface area contributed by atoms with Crippen molar-refractivity contribution in [2.45, 2.75) is 0 Å². The van der Waals surface area contributed by atoms with E-state index in [1.165, 1.54) is 29.1 Å². The van der Waals surface area contributed by atoms with Crippen LogP contribution in [0.3, 0.4) is 0 Å². The number of hydrogen-bond acceptors (Lipinski definition) is 7. The average molecular weight is 372 g/mol. The third-order valence-electron chi connectivity index (χ3n) is 4.41. The van der Waals surface area contributed by atoms with Crippen LogP contribution in [0.4, 0.5) is 9.18 Å². The zero-order valence-corrected chi connectivity index (χ0v) is 14.5. The van der Waals surface area contributed by atoms with Crippen LogP contribution >= 0.6 is 0 Å². The van der Waals surface area contributed by atoms with Gasteiger partial charge in [-0.05, 0) is 19.2 Å². The average Bonchev–Trinajstić information content (AvgIpc) is 2.95. The number of fused-ring (bicyclic) bond motifs is 1. The molecule has 4 rings (SSSR count). The van der Waals surface area contributed by atoms with Crippen molar-refractivity contribution in [1.29, 1.82) is 0 Å². The maximum atomic E-state index is 13.2. The van der Waals surface area contributed by atoms with Crippen LogP contribution in [0, 0.1) is 5.82 Å². The molecule has 3 aromatic rings. The number of likely N-dealkylation sites (N-methyl/N-ethyl adjacent to an activating group) is 1. The fourth-order valence-corrected chi connectivity index (χ4v) is 2.91. The minimum absolute atomic E-state index is 0.0152. The number of nitrogens with zero attached hydrogens (tertiary/aromatic N) is 6. The molecule has 0 spiro atoms. The highest BCUT2D eigenvalue weighted by atomic mass is 19.1. The summed E-state index contributed by atoms with van der Waals surface area (Å²) in [6.45, 7) is 2.53. The first kappa shape index (κ1) is 17.2. The summed E-state index contributed by atoms with van der Waals surface area (Å²) < 4.78 is 20.0. The summed E-state index contributed by atoms with van der Waals surface area (Å²) in [6, 6.07) is 2.56. The van der Waals surface area contributed by atoms with Crippen LogP contribution in [-0.2, 0) is 0 Å². The molecule has 0 atom stereocenters. The van der Waals surface area contributed by atoms with E-state index in [4.69, 9.17) is 4.74 Å². The van der Waals surface area contributed by atoms with Gasteiger partial charge in [-0.25, -0.2) is 28.7 Å². The lowest BCUT2D eigenvalue weighted by molar-refractivity contribution is 0.119. The normalized spacial score (nSPS) is 15.3. The van der Waals surface area contributed by atoms with Gasteiger partial charge in [0.25, 0.3) is 0 Å². The molecule has 27 heavy (non-hydrogen) atoms. The van der Waals surface area contributed by atoms with E-state index in [0.29, 0.717) is 13.1 Å². The van der Waals surface area contributed by atoms with Gasteiger partial charge >= 0.3 is 6.09 Å². The van der Waals surface area contributed by atoms with Crippen LogP contribution < -0.4 is 4.74 Å². The lowest BCUT2D eigenvalue weighted by Crippen LogP contribution is -2.48. The fourth-order valence-electron chi connectivity index (χ4n) is 2.91. The second kappa shape index (κ2) is 6.80. The molecule has 1 fully saturated rings. The smallest absolute Gasteiger partial charge is 0.416 e. The van der Waals surface area contributed by atoms with Crippen molar-refractivity contribution in [3.8, 4) is 17.6 Å². The number of piperazine rings is 1. The molecule has 140 valence electrons. The summed E-state index contributed by atoms with van der Waals surface area (Å²) in [6.07, 6.45) is 3.29. The molecular weight excluding hydrogens is 355 g/mol. The molecule has 0 aromatic carbocycles. The molecule has 3 aromatic heterocycles. The van der Waals surface area contributed by atoms with E-state index in [0.717, 1.165) is 19.3 Å². The van der Waals surface area contributed by atoms with Crippen LogP contribution in [0.1, 0.15) is 0 Å². The molecule has 0 unspecified atom stereocenters. The standard InChI is InChI=1S/C17H17FN6O3/c1-22-6-8-23(9-7-22)17(26)27-16-14-13(19-4-5-20-14)15(25)24(16)12-3-2-11(18)10-21-12/h2-5,10,25H,6-9H2,1H3. The number of pyridine rings is 1. The minimum Gasteiger partial charge on any atom is -0.493 e. The second-order valence-electron chi connectivity index (χ2n) is 6.21. The molecule has 0 aliphatic carbocycles. The Hall–Kier alpha value is -3.27. The number of rotatable bonds is 2. The third kappa shape index (κ3) is 3.14. The van der Waals surface area contributed by atoms with Crippen molar-refractivity contribution in [2.24, 2.45) is 0 Å².